The Morgan fingerprint density at radius 1 is 1.27 bits per heavy atom. The molecule has 0 radical (unpaired) electrons. The molecular formula is C24H28N2O2S2. The number of rotatable bonds is 7. The van der Waals surface area contributed by atoms with Gasteiger partial charge in [0.25, 0.3) is 5.91 Å². The van der Waals surface area contributed by atoms with E-state index in [4.69, 9.17) is 9.72 Å². The summed E-state index contributed by atoms with van der Waals surface area (Å²) in [6.07, 6.45) is 3.09. The minimum atomic E-state index is -0.0126. The van der Waals surface area contributed by atoms with Crippen molar-refractivity contribution < 1.29 is 9.53 Å². The molecule has 2 heterocycles. The molecule has 3 aromatic rings. The number of hydrogen-bond acceptors (Lipinski definition) is 5. The number of ether oxygens (including phenoxy) is 1. The van der Waals surface area contributed by atoms with Crippen molar-refractivity contribution in [3.05, 3.63) is 53.6 Å². The molecule has 1 aliphatic heterocycles. The van der Waals surface area contributed by atoms with Gasteiger partial charge in [-0.2, -0.15) is 0 Å². The van der Waals surface area contributed by atoms with Crippen LogP contribution < -0.4 is 4.90 Å². The maximum atomic E-state index is 13.5. The van der Waals surface area contributed by atoms with E-state index in [1.54, 1.807) is 23.1 Å². The molecule has 0 spiro atoms. The largest absolute Gasteiger partial charge is 0.376 e. The number of nitrogens with zero attached hydrogens (tertiary/aromatic N) is 2. The van der Waals surface area contributed by atoms with Crippen LogP contribution in [0.25, 0.3) is 10.2 Å². The number of amides is 1. The van der Waals surface area contributed by atoms with Gasteiger partial charge in [-0.05, 0) is 61.2 Å². The second-order valence-corrected chi connectivity index (χ2v) is 10.6. The predicted molar refractivity (Wildman–Crippen MR) is 127 cm³/mol. The fraction of sp³-hybridized carbons (Fsp3) is 0.417. The maximum Gasteiger partial charge on any atom is 0.260 e. The number of hydrogen-bond donors (Lipinski definition) is 0. The first kappa shape index (κ1) is 21.3. The van der Waals surface area contributed by atoms with Crippen molar-refractivity contribution in [2.75, 3.05) is 18.1 Å². The number of thioether (sulfide) groups is 1. The number of anilines is 1. The summed E-state index contributed by atoms with van der Waals surface area (Å²) in [4.78, 5) is 21.3. The molecule has 1 aromatic heterocycles. The van der Waals surface area contributed by atoms with E-state index in [1.165, 1.54) is 10.5 Å². The van der Waals surface area contributed by atoms with Crippen LogP contribution in [0, 0.1) is 0 Å². The second-order valence-electron chi connectivity index (χ2n) is 7.89. The third kappa shape index (κ3) is 4.88. The van der Waals surface area contributed by atoms with Crippen LogP contribution in [0.1, 0.15) is 49.5 Å². The minimum absolute atomic E-state index is 0.0126. The van der Waals surface area contributed by atoms with E-state index < -0.39 is 0 Å². The summed E-state index contributed by atoms with van der Waals surface area (Å²) in [5.74, 6) is -0.0126. The van der Waals surface area contributed by atoms with Crippen molar-refractivity contribution in [1.29, 1.82) is 0 Å². The summed E-state index contributed by atoms with van der Waals surface area (Å²) >= 11 is 3.39. The lowest BCUT2D eigenvalue weighted by Crippen LogP contribution is -2.37. The van der Waals surface area contributed by atoms with Crippen molar-refractivity contribution in [3.63, 3.8) is 0 Å². The molecule has 6 heteroatoms. The summed E-state index contributed by atoms with van der Waals surface area (Å²) in [5.41, 5.74) is 2.92. The van der Waals surface area contributed by atoms with Gasteiger partial charge in [0.2, 0.25) is 0 Å². The molecule has 1 aliphatic rings. The van der Waals surface area contributed by atoms with Crippen molar-refractivity contribution in [2.24, 2.45) is 0 Å². The van der Waals surface area contributed by atoms with Crippen LogP contribution in [-0.2, 0) is 11.2 Å². The average molecular weight is 441 g/mol. The molecule has 0 aliphatic carbocycles. The van der Waals surface area contributed by atoms with Gasteiger partial charge in [-0.15, -0.1) is 11.8 Å². The van der Waals surface area contributed by atoms with Gasteiger partial charge in [-0.25, -0.2) is 4.98 Å². The number of carbonyl (C=O) groups excluding carboxylic acids is 1. The van der Waals surface area contributed by atoms with Gasteiger partial charge >= 0.3 is 0 Å². The van der Waals surface area contributed by atoms with E-state index in [-0.39, 0.29) is 12.0 Å². The normalized spacial score (nSPS) is 16.5. The van der Waals surface area contributed by atoms with Crippen LogP contribution in [-0.4, -0.2) is 35.4 Å². The minimum Gasteiger partial charge on any atom is -0.376 e. The Balaban J connectivity index is 1.64. The molecule has 4 nitrogen and oxygen atoms in total. The Kier molecular flexibility index (Phi) is 6.76. The number of fused-ring (bicyclic) bond motifs is 1. The zero-order valence-corrected chi connectivity index (χ0v) is 19.4. The highest BCUT2D eigenvalue weighted by atomic mass is 32.2. The Hall–Kier alpha value is -1.89. The van der Waals surface area contributed by atoms with Gasteiger partial charge in [-0.1, -0.05) is 38.2 Å². The Labute approximate surface area is 186 Å². The molecule has 1 atom stereocenters. The van der Waals surface area contributed by atoms with Gasteiger partial charge < -0.3 is 4.74 Å². The van der Waals surface area contributed by atoms with E-state index >= 15 is 0 Å². The molecule has 2 aromatic carbocycles. The number of aromatic nitrogens is 1. The molecule has 0 bridgehead atoms. The molecule has 1 saturated heterocycles. The summed E-state index contributed by atoms with van der Waals surface area (Å²) in [6.45, 7) is 7.81. The lowest BCUT2D eigenvalue weighted by atomic mass is 10.1. The van der Waals surface area contributed by atoms with Gasteiger partial charge in [-0.3, -0.25) is 9.69 Å². The van der Waals surface area contributed by atoms with Crippen molar-refractivity contribution in [3.8, 4) is 0 Å². The van der Waals surface area contributed by atoms with Crippen molar-refractivity contribution >= 4 is 44.4 Å². The monoisotopic (exact) mass is 440 g/mol. The van der Waals surface area contributed by atoms with Gasteiger partial charge in [0.1, 0.15) is 0 Å². The van der Waals surface area contributed by atoms with E-state index in [2.05, 4.69) is 39.0 Å². The predicted octanol–water partition coefficient (Wildman–Crippen LogP) is 6.19. The zero-order chi connectivity index (χ0) is 21.1. The highest BCUT2D eigenvalue weighted by Crippen LogP contribution is 2.32. The molecule has 30 heavy (non-hydrogen) atoms. The first-order valence-corrected chi connectivity index (χ1v) is 12.3. The molecule has 1 unspecified atom stereocenters. The first-order chi connectivity index (χ1) is 14.5. The topological polar surface area (TPSA) is 42.4 Å². The third-order valence-electron chi connectivity index (χ3n) is 5.21. The van der Waals surface area contributed by atoms with Crippen LogP contribution in [0.15, 0.2) is 47.4 Å². The number of thiazole rings is 1. The highest BCUT2D eigenvalue weighted by Gasteiger charge is 2.27. The first-order valence-electron chi connectivity index (χ1n) is 10.6. The fourth-order valence-electron chi connectivity index (χ4n) is 3.64. The third-order valence-corrected chi connectivity index (χ3v) is 7.27. The second kappa shape index (κ2) is 9.50. The average Bonchev–Trinajstić information content (AvgIpc) is 3.40. The van der Waals surface area contributed by atoms with Gasteiger partial charge in [0.05, 0.1) is 22.9 Å². The van der Waals surface area contributed by atoms with E-state index in [1.807, 2.05) is 29.2 Å². The highest BCUT2D eigenvalue weighted by molar-refractivity contribution is 7.99. The van der Waals surface area contributed by atoms with Crippen LogP contribution in [0.5, 0.6) is 0 Å². The fourth-order valence-corrected chi connectivity index (χ4v) is 5.51. The smallest absolute Gasteiger partial charge is 0.260 e. The quantitative estimate of drug-likeness (QED) is 0.411. The van der Waals surface area contributed by atoms with Crippen LogP contribution in [0.4, 0.5) is 5.13 Å². The summed E-state index contributed by atoms with van der Waals surface area (Å²) < 4.78 is 6.97. The molecule has 1 fully saturated rings. The zero-order valence-electron chi connectivity index (χ0n) is 17.8. The SMILES string of the molecule is CCc1ccc2nc(N(CC3CCCO3)C(=O)c3ccc(SC(C)C)cc3)sc2c1. The summed E-state index contributed by atoms with van der Waals surface area (Å²) in [6, 6.07) is 14.3. The molecule has 0 N–H and O–H groups in total. The molecule has 1 amide bonds. The summed E-state index contributed by atoms with van der Waals surface area (Å²) in [5, 5.41) is 1.26. The van der Waals surface area contributed by atoms with E-state index in [0.29, 0.717) is 17.4 Å². The molecule has 0 saturated carbocycles. The summed E-state index contributed by atoms with van der Waals surface area (Å²) in [7, 11) is 0. The molecular weight excluding hydrogens is 412 g/mol. The lowest BCUT2D eigenvalue weighted by molar-refractivity contribution is 0.0917. The number of aryl methyl sites for hydroxylation is 1. The van der Waals surface area contributed by atoms with E-state index in [9.17, 15) is 4.79 Å². The van der Waals surface area contributed by atoms with Crippen LogP contribution in [0.3, 0.4) is 0 Å². The number of carbonyl (C=O) groups is 1. The van der Waals surface area contributed by atoms with Crippen LogP contribution >= 0.6 is 23.1 Å². The van der Waals surface area contributed by atoms with E-state index in [0.717, 1.165) is 41.2 Å². The Bertz CT molecular complexity index is 1010. The maximum absolute atomic E-state index is 13.5. The standard InChI is InChI=1S/C24H28N2O2S2/c1-4-17-7-12-21-22(14-17)30-24(25-21)26(15-19-6-5-13-28-19)23(27)18-8-10-20(11-9-18)29-16(2)3/h7-12,14,16,19H,4-6,13,15H2,1-3H3. The van der Waals surface area contributed by atoms with Gasteiger partial charge in [0, 0.05) is 22.3 Å². The van der Waals surface area contributed by atoms with Crippen molar-refractivity contribution in [1.82, 2.24) is 4.98 Å². The Morgan fingerprint density at radius 2 is 2.07 bits per heavy atom. The van der Waals surface area contributed by atoms with Gasteiger partial charge in [0.15, 0.2) is 5.13 Å². The van der Waals surface area contributed by atoms with Crippen LogP contribution in [0.2, 0.25) is 0 Å². The lowest BCUT2D eigenvalue weighted by Gasteiger charge is -2.23. The molecule has 4 rings (SSSR count). The van der Waals surface area contributed by atoms with Crippen molar-refractivity contribution in [2.45, 2.75) is 56.3 Å². The number of benzene rings is 2. The molecule has 158 valence electrons. The Morgan fingerprint density at radius 3 is 2.73 bits per heavy atom.